The van der Waals surface area contributed by atoms with E-state index >= 15 is 0 Å². The van der Waals surface area contributed by atoms with E-state index < -0.39 is 7.12 Å². The van der Waals surface area contributed by atoms with Crippen LogP contribution in [0, 0.1) is 0 Å². The van der Waals surface area contributed by atoms with Crippen LogP contribution in [0.15, 0.2) is 24.3 Å². The zero-order valence-corrected chi connectivity index (χ0v) is 7.86. The summed E-state index contributed by atoms with van der Waals surface area (Å²) in [7, 11) is -1.41. The summed E-state index contributed by atoms with van der Waals surface area (Å²) < 4.78 is 0. The maximum Gasteiger partial charge on any atom is 0.488 e. The highest BCUT2D eigenvalue weighted by atomic mass is 16.4. The van der Waals surface area contributed by atoms with Crippen molar-refractivity contribution < 1.29 is 10.0 Å². The van der Waals surface area contributed by atoms with Crippen molar-refractivity contribution in [1.82, 2.24) is 0 Å². The fraction of sp³-hybridized carbons (Fsp3) is 0.333. The first kappa shape index (κ1) is 10.2. The summed E-state index contributed by atoms with van der Waals surface area (Å²) in [6, 6.07) is 6.92. The van der Waals surface area contributed by atoms with Crippen molar-refractivity contribution in [2.24, 2.45) is 5.73 Å². The largest absolute Gasteiger partial charge is 0.488 e. The Balaban J connectivity index is 2.94. The van der Waals surface area contributed by atoms with Gasteiger partial charge in [-0.3, -0.25) is 0 Å². The van der Waals surface area contributed by atoms with Gasteiger partial charge in [-0.25, -0.2) is 0 Å². The van der Waals surface area contributed by atoms with Gasteiger partial charge in [0.15, 0.2) is 0 Å². The van der Waals surface area contributed by atoms with E-state index in [1.54, 1.807) is 24.3 Å². The van der Waals surface area contributed by atoms with Gasteiger partial charge in [0.25, 0.3) is 0 Å². The summed E-state index contributed by atoms with van der Waals surface area (Å²) in [5.74, 6) is 0. The fourth-order valence-corrected chi connectivity index (χ4v) is 1.08. The van der Waals surface area contributed by atoms with Crippen LogP contribution in [-0.4, -0.2) is 17.2 Å². The lowest BCUT2D eigenvalue weighted by Crippen LogP contribution is -2.32. The van der Waals surface area contributed by atoms with Crippen LogP contribution in [0.25, 0.3) is 0 Å². The van der Waals surface area contributed by atoms with Gasteiger partial charge in [0.05, 0.1) is 0 Å². The Hall–Kier alpha value is -0.835. The topological polar surface area (TPSA) is 66.5 Å². The van der Waals surface area contributed by atoms with Crippen molar-refractivity contribution >= 4 is 12.6 Å². The molecule has 0 aromatic heterocycles. The molecule has 0 saturated carbocycles. The Kier molecular flexibility index (Phi) is 2.76. The zero-order valence-electron chi connectivity index (χ0n) is 7.86. The minimum Gasteiger partial charge on any atom is -0.423 e. The average Bonchev–Trinajstić information content (AvgIpc) is 2.03. The third-order valence-corrected chi connectivity index (χ3v) is 1.95. The van der Waals surface area contributed by atoms with Gasteiger partial charge in [0.2, 0.25) is 0 Å². The van der Waals surface area contributed by atoms with Crippen molar-refractivity contribution in [3.05, 3.63) is 29.8 Å². The second-order valence-electron chi connectivity index (χ2n) is 3.72. The molecule has 0 spiro atoms. The minimum atomic E-state index is -1.41. The lowest BCUT2D eigenvalue weighted by atomic mass is 9.79. The van der Waals surface area contributed by atoms with Crippen molar-refractivity contribution in [1.29, 1.82) is 0 Å². The molecule has 1 rings (SSSR count). The molecule has 0 radical (unpaired) electrons. The van der Waals surface area contributed by atoms with E-state index in [0.29, 0.717) is 5.46 Å². The summed E-state index contributed by atoms with van der Waals surface area (Å²) >= 11 is 0. The van der Waals surface area contributed by atoms with Gasteiger partial charge in [-0.15, -0.1) is 0 Å². The van der Waals surface area contributed by atoms with Crippen molar-refractivity contribution in [3.63, 3.8) is 0 Å². The van der Waals surface area contributed by atoms with Gasteiger partial charge in [0.1, 0.15) is 0 Å². The van der Waals surface area contributed by atoms with E-state index in [1.165, 1.54) is 0 Å². The molecule has 0 unspecified atom stereocenters. The monoisotopic (exact) mass is 179 g/mol. The van der Waals surface area contributed by atoms with Crippen molar-refractivity contribution in [2.75, 3.05) is 0 Å². The summed E-state index contributed by atoms with van der Waals surface area (Å²) in [5, 5.41) is 17.7. The molecule has 3 nitrogen and oxygen atoms in total. The summed E-state index contributed by atoms with van der Waals surface area (Å²) in [5.41, 5.74) is 6.92. The van der Waals surface area contributed by atoms with Crippen LogP contribution >= 0.6 is 0 Å². The quantitative estimate of drug-likeness (QED) is 0.539. The minimum absolute atomic E-state index is 0.390. The SMILES string of the molecule is CC(C)(N)c1ccc(B(O)O)cc1. The predicted octanol–water partition coefficient (Wildman–Crippen LogP) is -0.440. The van der Waals surface area contributed by atoms with Crippen molar-refractivity contribution in [2.45, 2.75) is 19.4 Å². The van der Waals surface area contributed by atoms with Gasteiger partial charge >= 0.3 is 7.12 Å². The molecule has 0 aliphatic rings. The number of hydrogen-bond donors (Lipinski definition) is 3. The molecular formula is C9H14BNO2. The van der Waals surface area contributed by atoms with Gasteiger partial charge in [-0.1, -0.05) is 24.3 Å². The van der Waals surface area contributed by atoms with E-state index in [9.17, 15) is 0 Å². The third-order valence-electron chi connectivity index (χ3n) is 1.95. The molecule has 0 heterocycles. The average molecular weight is 179 g/mol. The van der Waals surface area contributed by atoms with Gasteiger partial charge < -0.3 is 15.8 Å². The van der Waals surface area contributed by atoms with Crippen LogP contribution in [0.5, 0.6) is 0 Å². The first-order chi connectivity index (χ1) is 5.91. The highest BCUT2D eigenvalue weighted by Gasteiger charge is 2.15. The Labute approximate surface area is 78.3 Å². The van der Waals surface area contributed by atoms with Crippen LogP contribution in [0.1, 0.15) is 19.4 Å². The summed E-state index contributed by atoms with van der Waals surface area (Å²) in [4.78, 5) is 0. The molecule has 1 aromatic carbocycles. The molecule has 0 aliphatic carbocycles. The third kappa shape index (κ3) is 2.55. The van der Waals surface area contributed by atoms with Crippen LogP contribution < -0.4 is 11.2 Å². The fourth-order valence-electron chi connectivity index (χ4n) is 1.08. The molecule has 4 N–H and O–H groups in total. The van der Waals surface area contributed by atoms with Gasteiger partial charge in [0, 0.05) is 5.54 Å². The van der Waals surface area contributed by atoms with Crippen LogP contribution in [0.4, 0.5) is 0 Å². The Bertz CT molecular complexity index is 277. The Morgan fingerprint density at radius 2 is 1.62 bits per heavy atom. The number of hydrogen-bond acceptors (Lipinski definition) is 3. The first-order valence-corrected chi connectivity index (χ1v) is 4.17. The molecular weight excluding hydrogens is 165 g/mol. The molecule has 0 aliphatic heterocycles. The molecule has 0 atom stereocenters. The second kappa shape index (κ2) is 3.50. The molecule has 1 aromatic rings. The highest BCUT2D eigenvalue weighted by molar-refractivity contribution is 6.58. The Morgan fingerprint density at radius 3 is 1.92 bits per heavy atom. The maximum atomic E-state index is 8.84. The van der Waals surface area contributed by atoms with E-state index in [4.69, 9.17) is 15.8 Å². The van der Waals surface area contributed by atoms with E-state index in [0.717, 1.165) is 5.56 Å². The maximum absolute atomic E-state index is 8.84. The van der Waals surface area contributed by atoms with E-state index in [-0.39, 0.29) is 5.54 Å². The highest BCUT2D eigenvalue weighted by Crippen LogP contribution is 2.14. The number of benzene rings is 1. The summed E-state index contributed by atoms with van der Waals surface area (Å²) in [6.45, 7) is 3.80. The molecule has 4 heteroatoms. The normalized spacial score (nSPS) is 11.5. The number of nitrogens with two attached hydrogens (primary N) is 1. The summed E-state index contributed by atoms with van der Waals surface area (Å²) in [6.07, 6.45) is 0. The smallest absolute Gasteiger partial charge is 0.423 e. The second-order valence-corrected chi connectivity index (χ2v) is 3.72. The zero-order chi connectivity index (χ0) is 10.1. The van der Waals surface area contributed by atoms with Crippen LogP contribution in [0.3, 0.4) is 0 Å². The van der Waals surface area contributed by atoms with E-state index in [1.807, 2.05) is 13.8 Å². The lowest BCUT2D eigenvalue weighted by Gasteiger charge is -2.19. The Morgan fingerprint density at radius 1 is 1.15 bits per heavy atom. The predicted molar refractivity (Wildman–Crippen MR) is 53.5 cm³/mol. The molecule has 0 fully saturated rings. The molecule has 0 saturated heterocycles. The molecule has 0 amide bonds. The first-order valence-electron chi connectivity index (χ1n) is 4.17. The van der Waals surface area contributed by atoms with Gasteiger partial charge in [-0.2, -0.15) is 0 Å². The standard InChI is InChI=1S/C9H14BNO2/c1-9(2,11)7-3-5-8(6-4-7)10(12)13/h3-6,12-13H,11H2,1-2H3. The number of rotatable bonds is 2. The molecule has 13 heavy (non-hydrogen) atoms. The van der Waals surface area contributed by atoms with Crippen molar-refractivity contribution in [3.8, 4) is 0 Å². The van der Waals surface area contributed by atoms with Crippen LogP contribution in [-0.2, 0) is 5.54 Å². The molecule has 70 valence electrons. The van der Waals surface area contributed by atoms with Gasteiger partial charge in [-0.05, 0) is 24.9 Å². The van der Waals surface area contributed by atoms with Crippen LogP contribution in [0.2, 0.25) is 0 Å². The lowest BCUT2D eigenvalue weighted by molar-refractivity contribution is 0.425. The molecule has 0 bridgehead atoms. The van der Waals surface area contributed by atoms with E-state index in [2.05, 4.69) is 0 Å².